The number of ketones is 1. The van der Waals surface area contributed by atoms with Crippen LogP contribution in [0.3, 0.4) is 0 Å². The highest BCUT2D eigenvalue weighted by Crippen LogP contribution is 2.21. The Kier molecular flexibility index (Phi) is 5.88. The molecule has 1 N–H and O–H groups in total. The average Bonchev–Trinajstić information content (AvgIpc) is 3.20. The molecule has 0 saturated carbocycles. The number of Topliss-reactive ketones (excluding diaryl/α,β-unsaturated/α-hetero) is 1. The molecule has 0 bridgehead atoms. The Morgan fingerprint density at radius 2 is 1.82 bits per heavy atom. The Morgan fingerprint density at radius 3 is 2.53 bits per heavy atom. The number of nitrogens with one attached hydrogen (secondary N) is 1. The zero-order chi connectivity index (χ0) is 24.6. The number of rotatable bonds is 6. The third-order valence-corrected chi connectivity index (χ3v) is 5.03. The highest BCUT2D eigenvalue weighted by atomic mass is 19.2. The molecular weight excluding hydrogens is 450 g/mol. The van der Waals surface area contributed by atoms with Crippen LogP contribution in [0.2, 0.25) is 0 Å². The van der Waals surface area contributed by atoms with Crippen LogP contribution in [-0.4, -0.2) is 35.4 Å². The first kappa shape index (κ1) is 22.7. The number of aromatic nitrogens is 5. The van der Waals surface area contributed by atoms with Crippen LogP contribution < -0.4 is 16.6 Å². The van der Waals surface area contributed by atoms with Crippen LogP contribution in [-0.2, 0) is 29.7 Å². The van der Waals surface area contributed by atoms with Crippen molar-refractivity contribution >= 4 is 28.7 Å². The molecule has 0 aliphatic heterocycles. The molecule has 0 aliphatic carbocycles. The summed E-state index contributed by atoms with van der Waals surface area (Å²) in [5.74, 6) is -2.79. The molecule has 174 valence electrons. The molecule has 0 aliphatic rings. The van der Waals surface area contributed by atoms with Crippen LogP contribution in [0.5, 0.6) is 0 Å². The number of benzene rings is 1. The second-order valence-electron chi connectivity index (χ2n) is 7.56. The molecule has 4 aromatic rings. The van der Waals surface area contributed by atoms with Crippen LogP contribution in [0, 0.1) is 11.6 Å². The molecule has 0 radical (unpaired) electrons. The summed E-state index contributed by atoms with van der Waals surface area (Å²) in [5.41, 5.74) is -0.741. The monoisotopic (exact) mass is 468 g/mol. The number of hydrogen-bond donors (Lipinski definition) is 1. The molecule has 1 aromatic carbocycles. The standard InChI is InChI=1S/C22H18F2N6O4/c1-12(31)9-30-21(33)19-20(28(2)22(30)34)25-11-29(19)10-18(32)27-17-5-3-4-16(26-17)13-6-7-14(23)15(24)8-13/h3-8,11H,9-10H2,1-2H3,(H,26,27,32). The Labute approximate surface area is 190 Å². The van der Waals surface area contributed by atoms with E-state index in [-0.39, 0.29) is 29.3 Å². The van der Waals surface area contributed by atoms with E-state index in [4.69, 9.17) is 0 Å². The minimum Gasteiger partial charge on any atom is -0.315 e. The molecule has 1 amide bonds. The predicted molar refractivity (Wildman–Crippen MR) is 118 cm³/mol. The van der Waals surface area contributed by atoms with Gasteiger partial charge in [-0.1, -0.05) is 6.07 Å². The van der Waals surface area contributed by atoms with Gasteiger partial charge in [0.2, 0.25) is 5.91 Å². The summed E-state index contributed by atoms with van der Waals surface area (Å²) in [6.45, 7) is 0.517. The third kappa shape index (κ3) is 4.25. The average molecular weight is 468 g/mol. The van der Waals surface area contributed by atoms with Gasteiger partial charge in [0.25, 0.3) is 5.56 Å². The van der Waals surface area contributed by atoms with E-state index in [1.54, 1.807) is 12.1 Å². The van der Waals surface area contributed by atoms with E-state index >= 15 is 0 Å². The minimum absolute atomic E-state index is 0.0120. The lowest BCUT2D eigenvalue weighted by atomic mass is 10.1. The maximum Gasteiger partial charge on any atom is 0.332 e. The van der Waals surface area contributed by atoms with Gasteiger partial charge in [-0.2, -0.15) is 0 Å². The fourth-order valence-corrected chi connectivity index (χ4v) is 3.46. The maximum absolute atomic E-state index is 13.6. The fraction of sp³-hybridized carbons (Fsp3) is 0.182. The summed E-state index contributed by atoms with van der Waals surface area (Å²) in [4.78, 5) is 57.7. The van der Waals surface area contributed by atoms with Crippen molar-refractivity contribution in [1.29, 1.82) is 0 Å². The van der Waals surface area contributed by atoms with E-state index in [2.05, 4.69) is 15.3 Å². The van der Waals surface area contributed by atoms with E-state index in [1.165, 1.54) is 37.0 Å². The minimum atomic E-state index is -1.02. The largest absolute Gasteiger partial charge is 0.332 e. The number of carbonyl (C=O) groups excluding carboxylic acids is 2. The van der Waals surface area contributed by atoms with Crippen LogP contribution in [0.15, 0.2) is 52.3 Å². The van der Waals surface area contributed by atoms with Gasteiger partial charge >= 0.3 is 5.69 Å². The molecule has 4 rings (SSSR count). The molecule has 3 heterocycles. The van der Waals surface area contributed by atoms with Gasteiger partial charge in [-0.25, -0.2) is 23.5 Å². The van der Waals surface area contributed by atoms with Gasteiger partial charge in [-0.05, 0) is 37.3 Å². The lowest BCUT2D eigenvalue weighted by molar-refractivity contribution is -0.118. The number of pyridine rings is 1. The van der Waals surface area contributed by atoms with E-state index in [0.717, 1.165) is 21.3 Å². The highest BCUT2D eigenvalue weighted by Gasteiger charge is 2.18. The third-order valence-electron chi connectivity index (χ3n) is 5.03. The topological polar surface area (TPSA) is 121 Å². The van der Waals surface area contributed by atoms with Crippen LogP contribution >= 0.6 is 0 Å². The Balaban J connectivity index is 1.62. The van der Waals surface area contributed by atoms with Gasteiger partial charge in [0.05, 0.1) is 18.6 Å². The number of anilines is 1. The lowest BCUT2D eigenvalue weighted by Gasteiger charge is -2.10. The quantitative estimate of drug-likeness (QED) is 0.458. The number of nitrogens with zero attached hydrogens (tertiary/aromatic N) is 5. The smallest absolute Gasteiger partial charge is 0.315 e. The Hall–Kier alpha value is -4.48. The lowest BCUT2D eigenvalue weighted by Crippen LogP contribution is -2.41. The SMILES string of the molecule is CC(=O)Cn1c(=O)c2c(ncn2CC(=O)Nc2cccc(-c3ccc(F)c(F)c3)n2)n(C)c1=O. The Bertz CT molecular complexity index is 1570. The molecule has 0 saturated heterocycles. The van der Waals surface area contributed by atoms with Gasteiger partial charge in [-0.3, -0.25) is 23.5 Å². The van der Waals surface area contributed by atoms with Crippen LogP contribution in [0.1, 0.15) is 6.92 Å². The van der Waals surface area contributed by atoms with Crippen molar-refractivity contribution in [3.8, 4) is 11.3 Å². The molecule has 34 heavy (non-hydrogen) atoms. The van der Waals surface area contributed by atoms with Crippen molar-refractivity contribution in [2.75, 3.05) is 5.32 Å². The summed E-state index contributed by atoms with van der Waals surface area (Å²) in [7, 11) is 1.41. The molecule has 0 atom stereocenters. The van der Waals surface area contributed by atoms with Crippen molar-refractivity contribution in [2.45, 2.75) is 20.0 Å². The molecular formula is C22H18F2N6O4. The number of carbonyl (C=O) groups is 2. The molecule has 0 unspecified atom stereocenters. The maximum atomic E-state index is 13.6. The van der Waals surface area contributed by atoms with Crippen molar-refractivity contribution in [3.05, 3.63) is 75.2 Å². The van der Waals surface area contributed by atoms with Gasteiger partial charge in [0.1, 0.15) is 18.1 Å². The number of amides is 1. The van der Waals surface area contributed by atoms with Crippen molar-refractivity contribution in [2.24, 2.45) is 7.05 Å². The number of imidazole rings is 1. The van der Waals surface area contributed by atoms with E-state index < -0.39 is 35.3 Å². The summed E-state index contributed by atoms with van der Waals surface area (Å²) >= 11 is 0. The van der Waals surface area contributed by atoms with Gasteiger partial charge in [0, 0.05) is 12.6 Å². The van der Waals surface area contributed by atoms with Crippen LogP contribution in [0.25, 0.3) is 22.4 Å². The number of aryl methyl sites for hydroxylation is 1. The first-order valence-corrected chi connectivity index (χ1v) is 10.0. The number of halogens is 2. The first-order valence-electron chi connectivity index (χ1n) is 10.0. The second kappa shape index (κ2) is 8.81. The molecule has 10 nitrogen and oxygen atoms in total. The fourth-order valence-electron chi connectivity index (χ4n) is 3.46. The predicted octanol–water partition coefficient (Wildman–Crippen LogP) is 1.46. The van der Waals surface area contributed by atoms with Gasteiger partial charge in [-0.15, -0.1) is 0 Å². The van der Waals surface area contributed by atoms with E-state index in [1.807, 2.05) is 0 Å². The summed E-state index contributed by atoms with van der Waals surface area (Å²) < 4.78 is 29.9. The summed E-state index contributed by atoms with van der Waals surface area (Å²) in [6.07, 6.45) is 1.24. The van der Waals surface area contributed by atoms with Crippen LogP contribution in [0.4, 0.5) is 14.6 Å². The Morgan fingerprint density at radius 1 is 1.06 bits per heavy atom. The summed E-state index contributed by atoms with van der Waals surface area (Å²) in [6, 6.07) is 8.01. The van der Waals surface area contributed by atoms with Crippen molar-refractivity contribution in [1.82, 2.24) is 23.7 Å². The van der Waals surface area contributed by atoms with E-state index in [0.29, 0.717) is 11.3 Å². The molecule has 0 fully saturated rings. The molecule has 12 heteroatoms. The highest BCUT2D eigenvalue weighted by molar-refractivity contribution is 5.90. The number of fused-ring (bicyclic) bond motifs is 1. The van der Waals surface area contributed by atoms with Crippen molar-refractivity contribution < 1.29 is 18.4 Å². The van der Waals surface area contributed by atoms with Gasteiger partial charge in [0.15, 0.2) is 22.8 Å². The second-order valence-corrected chi connectivity index (χ2v) is 7.56. The molecule has 3 aromatic heterocycles. The summed E-state index contributed by atoms with van der Waals surface area (Å²) in [5, 5.41) is 2.58. The molecule has 0 spiro atoms. The van der Waals surface area contributed by atoms with E-state index in [9.17, 15) is 28.0 Å². The normalized spacial score (nSPS) is 11.1. The van der Waals surface area contributed by atoms with Crippen molar-refractivity contribution in [3.63, 3.8) is 0 Å². The first-order chi connectivity index (χ1) is 16.2. The number of hydrogen-bond acceptors (Lipinski definition) is 6. The zero-order valence-corrected chi connectivity index (χ0v) is 18.1. The zero-order valence-electron chi connectivity index (χ0n) is 18.1. The van der Waals surface area contributed by atoms with Gasteiger partial charge < -0.3 is 9.88 Å².